The van der Waals surface area contributed by atoms with E-state index in [1.165, 1.54) is 0 Å². The van der Waals surface area contributed by atoms with E-state index < -0.39 is 0 Å². The summed E-state index contributed by atoms with van der Waals surface area (Å²) < 4.78 is 7.67. The predicted octanol–water partition coefficient (Wildman–Crippen LogP) is 4.60. The zero-order valence-electron chi connectivity index (χ0n) is 19.8. The number of imidazole rings is 1. The lowest BCUT2D eigenvalue weighted by atomic mass is 9.92. The average Bonchev–Trinajstić information content (AvgIpc) is 3.26. The second-order valence-corrected chi connectivity index (χ2v) is 9.74. The second-order valence-electron chi connectivity index (χ2n) is 9.74. The van der Waals surface area contributed by atoms with E-state index in [2.05, 4.69) is 60.1 Å². The summed E-state index contributed by atoms with van der Waals surface area (Å²) >= 11 is 0. The van der Waals surface area contributed by atoms with Crippen LogP contribution in [0.4, 0.5) is 0 Å². The van der Waals surface area contributed by atoms with Crippen molar-refractivity contribution in [3.8, 4) is 16.9 Å². The maximum Gasteiger partial charge on any atom is 0.272 e. The minimum Gasteiger partial charge on any atom is -0.491 e. The van der Waals surface area contributed by atoms with Gasteiger partial charge in [0.15, 0.2) is 0 Å². The lowest BCUT2D eigenvalue weighted by molar-refractivity contribution is 0.0722. The van der Waals surface area contributed by atoms with Crippen LogP contribution in [0.3, 0.4) is 0 Å². The van der Waals surface area contributed by atoms with Crippen molar-refractivity contribution in [3.05, 3.63) is 65.2 Å². The molecule has 1 aliphatic rings. The lowest BCUT2D eigenvalue weighted by Gasteiger charge is -2.20. The van der Waals surface area contributed by atoms with Crippen LogP contribution in [-0.2, 0) is 19.0 Å². The maximum atomic E-state index is 13.4. The number of H-pyrrole nitrogens is 1. The van der Waals surface area contributed by atoms with Gasteiger partial charge in [0.25, 0.3) is 5.91 Å². The van der Waals surface area contributed by atoms with Crippen LogP contribution in [0.1, 0.15) is 48.3 Å². The van der Waals surface area contributed by atoms with Crippen LogP contribution in [0.2, 0.25) is 0 Å². The molecule has 5 rings (SSSR count). The molecule has 0 saturated carbocycles. The van der Waals surface area contributed by atoms with E-state index in [-0.39, 0.29) is 11.3 Å². The molecule has 2 aromatic heterocycles. The molecular formula is C26H29N5O2. The number of nitrogens with zero attached hydrogens (tertiary/aromatic N) is 4. The molecule has 0 fully saturated rings. The maximum absolute atomic E-state index is 13.4. The minimum absolute atomic E-state index is 0.0308. The van der Waals surface area contributed by atoms with Crippen molar-refractivity contribution in [2.24, 2.45) is 7.05 Å². The number of rotatable bonds is 2. The molecule has 0 saturated heterocycles. The van der Waals surface area contributed by atoms with E-state index in [0.29, 0.717) is 25.4 Å². The molecular weight excluding hydrogens is 414 g/mol. The summed E-state index contributed by atoms with van der Waals surface area (Å²) in [7, 11) is 1.83. The number of hydrogen-bond acceptors (Lipinski definition) is 4. The van der Waals surface area contributed by atoms with Crippen molar-refractivity contribution < 1.29 is 9.53 Å². The van der Waals surface area contributed by atoms with Gasteiger partial charge in [0.2, 0.25) is 0 Å². The molecule has 0 spiro atoms. The third-order valence-corrected chi connectivity index (χ3v) is 6.13. The van der Waals surface area contributed by atoms with Crippen molar-refractivity contribution in [1.82, 2.24) is 24.6 Å². The van der Waals surface area contributed by atoms with Crippen LogP contribution in [0.25, 0.3) is 22.2 Å². The minimum atomic E-state index is -0.117. The molecule has 3 heterocycles. The Morgan fingerprint density at radius 2 is 1.85 bits per heavy atom. The Morgan fingerprint density at radius 1 is 1.09 bits per heavy atom. The highest BCUT2D eigenvalue weighted by Crippen LogP contribution is 2.31. The van der Waals surface area contributed by atoms with Crippen LogP contribution in [0.5, 0.6) is 5.75 Å². The summed E-state index contributed by atoms with van der Waals surface area (Å²) in [5.41, 5.74) is 6.53. The van der Waals surface area contributed by atoms with E-state index in [1.807, 2.05) is 37.1 Å². The fourth-order valence-corrected chi connectivity index (χ4v) is 4.26. The number of fused-ring (bicyclic) bond motifs is 2. The summed E-state index contributed by atoms with van der Waals surface area (Å²) in [5, 5.41) is 4.58. The first kappa shape index (κ1) is 21.2. The largest absolute Gasteiger partial charge is 0.491 e. The summed E-state index contributed by atoms with van der Waals surface area (Å²) in [6.07, 6.45) is 0. The Hall–Kier alpha value is -3.61. The first-order valence-corrected chi connectivity index (χ1v) is 11.3. The van der Waals surface area contributed by atoms with E-state index in [0.717, 1.165) is 45.0 Å². The fraction of sp³-hybridized carbons (Fsp3) is 0.346. The van der Waals surface area contributed by atoms with Crippen LogP contribution in [0.15, 0.2) is 42.5 Å². The molecule has 1 amide bonds. The topological polar surface area (TPSA) is 76.0 Å². The third-order valence-electron chi connectivity index (χ3n) is 6.13. The summed E-state index contributed by atoms with van der Waals surface area (Å²) in [6, 6.07) is 14.3. The van der Waals surface area contributed by atoms with Gasteiger partial charge in [-0.05, 0) is 48.4 Å². The van der Waals surface area contributed by atoms with Gasteiger partial charge in [0, 0.05) is 24.6 Å². The highest BCUT2D eigenvalue weighted by atomic mass is 16.5. The van der Waals surface area contributed by atoms with Gasteiger partial charge >= 0.3 is 0 Å². The van der Waals surface area contributed by atoms with Crippen molar-refractivity contribution in [2.45, 2.75) is 39.7 Å². The van der Waals surface area contributed by atoms with E-state index >= 15 is 0 Å². The SMILES string of the molecule is Cc1nc2ccc(-c3ccc4c(c3)CN(C(=O)c3cc(C(C)(C)C)nn3C)CCO4)cc2[nH]1. The molecule has 7 nitrogen and oxygen atoms in total. The highest BCUT2D eigenvalue weighted by molar-refractivity contribution is 5.93. The molecule has 7 heteroatoms. The van der Waals surface area contributed by atoms with Gasteiger partial charge in [-0.15, -0.1) is 0 Å². The molecule has 2 aromatic carbocycles. The number of aromatic nitrogens is 4. The molecule has 0 bridgehead atoms. The number of aryl methyl sites for hydroxylation is 2. The number of aromatic amines is 1. The van der Waals surface area contributed by atoms with Crippen LogP contribution in [-0.4, -0.2) is 43.7 Å². The smallest absolute Gasteiger partial charge is 0.272 e. The van der Waals surface area contributed by atoms with Crippen LogP contribution >= 0.6 is 0 Å². The summed E-state index contributed by atoms with van der Waals surface area (Å²) in [6.45, 7) is 9.73. The number of benzene rings is 2. The van der Waals surface area contributed by atoms with E-state index in [9.17, 15) is 4.79 Å². The Bertz CT molecular complexity index is 1360. The monoisotopic (exact) mass is 443 g/mol. The number of nitrogens with one attached hydrogen (secondary N) is 1. The number of carbonyl (C=O) groups is 1. The van der Waals surface area contributed by atoms with Crippen molar-refractivity contribution >= 4 is 16.9 Å². The Labute approximate surface area is 193 Å². The van der Waals surface area contributed by atoms with Gasteiger partial charge in [-0.2, -0.15) is 5.10 Å². The van der Waals surface area contributed by atoms with Gasteiger partial charge in [0.05, 0.1) is 23.3 Å². The summed E-state index contributed by atoms with van der Waals surface area (Å²) in [4.78, 5) is 23.1. The first-order valence-electron chi connectivity index (χ1n) is 11.3. The van der Waals surface area contributed by atoms with Crippen LogP contribution < -0.4 is 4.74 Å². The molecule has 0 unspecified atom stereocenters. The highest BCUT2D eigenvalue weighted by Gasteiger charge is 2.27. The number of hydrogen-bond donors (Lipinski definition) is 1. The number of ether oxygens (including phenoxy) is 1. The van der Waals surface area contributed by atoms with Gasteiger partial charge in [-0.1, -0.05) is 32.9 Å². The summed E-state index contributed by atoms with van der Waals surface area (Å²) in [5.74, 6) is 1.70. The first-order chi connectivity index (χ1) is 15.7. The van der Waals surface area contributed by atoms with Gasteiger partial charge in [-0.3, -0.25) is 9.48 Å². The normalized spacial score (nSPS) is 14.2. The molecule has 33 heavy (non-hydrogen) atoms. The number of carbonyl (C=O) groups excluding carboxylic acids is 1. The molecule has 1 aliphatic heterocycles. The van der Waals surface area contributed by atoms with Gasteiger partial charge in [0.1, 0.15) is 23.9 Å². The van der Waals surface area contributed by atoms with Gasteiger partial charge < -0.3 is 14.6 Å². The Morgan fingerprint density at radius 3 is 2.61 bits per heavy atom. The van der Waals surface area contributed by atoms with Crippen molar-refractivity contribution in [3.63, 3.8) is 0 Å². The van der Waals surface area contributed by atoms with Gasteiger partial charge in [-0.25, -0.2) is 4.98 Å². The van der Waals surface area contributed by atoms with E-state index in [1.54, 1.807) is 4.68 Å². The molecule has 0 atom stereocenters. The van der Waals surface area contributed by atoms with Crippen molar-refractivity contribution in [2.75, 3.05) is 13.2 Å². The molecule has 170 valence electrons. The standard InChI is InChI=1S/C26H29N5O2/c1-16-27-20-8-6-18(13-21(20)28-16)17-7-9-23-19(12-17)15-31(10-11-33-23)25(32)22-14-24(26(2,3)4)29-30(22)5/h6-9,12-14H,10-11,15H2,1-5H3,(H,27,28). The Kier molecular flexibility index (Phi) is 5.00. The third kappa shape index (κ3) is 3.99. The predicted molar refractivity (Wildman–Crippen MR) is 128 cm³/mol. The second kappa shape index (κ2) is 7.76. The van der Waals surface area contributed by atoms with E-state index in [4.69, 9.17) is 4.74 Å². The quantitative estimate of drug-likeness (QED) is 0.491. The zero-order valence-corrected chi connectivity index (χ0v) is 19.8. The van der Waals surface area contributed by atoms with Crippen molar-refractivity contribution in [1.29, 1.82) is 0 Å². The molecule has 1 N–H and O–H groups in total. The fourth-order valence-electron chi connectivity index (χ4n) is 4.26. The molecule has 0 aliphatic carbocycles. The molecule has 4 aromatic rings. The average molecular weight is 444 g/mol. The Balaban J connectivity index is 1.45. The van der Waals surface area contributed by atoms with Crippen LogP contribution in [0, 0.1) is 6.92 Å². The lowest BCUT2D eigenvalue weighted by Crippen LogP contribution is -2.33. The number of amides is 1. The zero-order chi connectivity index (χ0) is 23.3. The molecule has 0 radical (unpaired) electrons.